The molecule has 1 atom stereocenters. The zero-order valence-electron chi connectivity index (χ0n) is 11.1. The topological polar surface area (TPSA) is 35.6 Å². The average molecular weight is 239 g/mol. The molecule has 1 unspecified atom stereocenters. The van der Waals surface area contributed by atoms with E-state index in [1.165, 1.54) is 25.9 Å². The minimum Gasteiger partial charge on any atom is -0.341 e. The monoisotopic (exact) mass is 239 g/mol. The molecule has 1 amide bonds. The SMILES string of the molecule is CC1NCCCN(CC2CCN(C)CC2)C1=O. The third-order valence-corrected chi connectivity index (χ3v) is 4.05. The van der Waals surface area contributed by atoms with E-state index in [9.17, 15) is 4.79 Å². The van der Waals surface area contributed by atoms with E-state index in [0.29, 0.717) is 11.8 Å². The quantitative estimate of drug-likeness (QED) is 0.764. The fourth-order valence-corrected chi connectivity index (χ4v) is 2.80. The Morgan fingerprint density at radius 1 is 1.29 bits per heavy atom. The molecule has 4 nitrogen and oxygen atoms in total. The Balaban J connectivity index is 1.86. The van der Waals surface area contributed by atoms with Gasteiger partial charge in [0.05, 0.1) is 6.04 Å². The first kappa shape index (κ1) is 12.8. The van der Waals surface area contributed by atoms with E-state index in [-0.39, 0.29) is 6.04 Å². The average Bonchev–Trinajstić information content (AvgIpc) is 2.48. The van der Waals surface area contributed by atoms with E-state index >= 15 is 0 Å². The Morgan fingerprint density at radius 2 is 2.00 bits per heavy atom. The highest BCUT2D eigenvalue weighted by Crippen LogP contribution is 2.18. The standard InChI is InChI=1S/C13H25N3O/c1-11-13(17)16(7-3-6-14-11)10-12-4-8-15(2)9-5-12/h11-12,14H,3-10H2,1-2H3. The van der Waals surface area contributed by atoms with E-state index < -0.39 is 0 Å². The van der Waals surface area contributed by atoms with Crippen LogP contribution >= 0.6 is 0 Å². The van der Waals surface area contributed by atoms with Crippen molar-refractivity contribution in [3.8, 4) is 0 Å². The third-order valence-electron chi connectivity index (χ3n) is 4.05. The first-order valence-corrected chi connectivity index (χ1v) is 6.87. The molecule has 17 heavy (non-hydrogen) atoms. The summed E-state index contributed by atoms with van der Waals surface area (Å²) in [6.07, 6.45) is 3.56. The smallest absolute Gasteiger partial charge is 0.239 e. The second-order valence-corrected chi connectivity index (χ2v) is 5.56. The van der Waals surface area contributed by atoms with Gasteiger partial charge in [-0.25, -0.2) is 0 Å². The predicted octanol–water partition coefficient (Wildman–Crippen LogP) is 0.539. The van der Waals surface area contributed by atoms with Crippen LogP contribution < -0.4 is 5.32 Å². The van der Waals surface area contributed by atoms with Crippen molar-refractivity contribution in [1.29, 1.82) is 0 Å². The number of piperidine rings is 1. The van der Waals surface area contributed by atoms with Crippen LogP contribution in [0, 0.1) is 5.92 Å². The van der Waals surface area contributed by atoms with Crippen LogP contribution in [-0.4, -0.2) is 61.5 Å². The summed E-state index contributed by atoms with van der Waals surface area (Å²) in [6, 6.07) is 0.00349. The van der Waals surface area contributed by atoms with Gasteiger partial charge < -0.3 is 15.1 Å². The number of rotatable bonds is 2. The third kappa shape index (κ3) is 3.42. The van der Waals surface area contributed by atoms with Crippen LogP contribution in [0.15, 0.2) is 0 Å². The number of hydrogen-bond donors (Lipinski definition) is 1. The lowest BCUT2D eigenvalue weighted by molar-refractivity contribution is -0.133. The van der Waals surface area contributed by atoms with Crippen molar-refractivity contribution in [3.63, 3.8) is 0 Å². The van der Waals surface area contributed by atoms with E-state index in [0.717, 1.165) is 26.1 Å². The molecule has 4 heteroatoms. The summed E-state index contributed by atoms with van der Waals surface area (Å²) in [5.41, 5.74) is 0. The van der Waals surface area contributed by atoms with Crippen LogP contribution in [0.5, 0.6) is 0 Å². The zero-order valence-corrected chi connectivity index (χ0v) is 11.1. The number of likely N-dealkylation sites (tertiary alicyclic amines) is 1. The van der Waals surface area contributed by atoms with Gasteiger partial charge in [-0.15, -0.1) is 0 Å². The molecule has 0 aromatic heterocycles. The minimum absolute atomic E-state index is 0.00349. The molecular formula is C13H25N3O. The maximum absolute atomic E-state index is 12.1. The second-order valence-electron chi connectivity index (χ2n) is 5.56. The van der Waals surface area contributed by atoms with Gasteiger partial charge >= 0.3 is 0 Å². The van der Waals surface area contributed by atoms with Crippen molar-refractivity contribution < 1.29 is 4.79 Å². The Morgan fingerprint density at radius 3 is 2.71 bits per heavy atom. The lowest BCUT2D eigenvalue weighted by atomic mass is 9.96. The summed E-state index contributed by atoms with van der Waals surface area (Å²) in [6.45, 7) is 7.22. The van der Waals surface area contributed by atoms with Gasteiger partial charge in [-0.3, -0.25) is 4.79 Å². The normalized spacial score (nSPS) is 29.4. The number of carbonyl (C=O) groups excluding carboxylic acids is 1. The molecule has 2 rings (SSSR count). The molecular weight excluding hydrogens is 214 g/mol. The molecule has 2 fully saturated rings. The number of carbonyl (C=O) groups is 1. The minimum atomic E-state index is 0.00349. The van der Waals surface area contributed by atoms with E-state index in [4.69, 9.17) is 0 Å². The van der Waals surface area contributed by atoms with Crippen LogP contribution in [0.2, 0.25) is 0 Å². The predicted molar refractivity (Wildman–Crippen MR) is 68.9 cm³/mol. The van der Waals surface area contributed by atoms with Gasteiger partial charge in [0.1, 0.15) is 0 Å². The Hall–Kier alpha value is -0.610. The lowest BCUT2D eigenvalue weighted by Crippen LogP contribution is -2.45. The molecule has 0 aromatic carbocycles. The maximum Gasteiger partial charge on any atom is 0.239 e. The van der Waals surface area contributed by atoms with Crippen LogP contribution in [0.25, 0.3) is 0 Å². The molecule has 0 radical (unpaired) electrons. The number of amides is 1. The molecule has 1 N–H and O–H groups in total. The van der Waals surface area contributed by atoms with Crippen LogP contribution in [0.1, 0.15) is 26.2 Å². The van der Waals surface area contributed by atoms with Gasteiger partial charge in [-0.2, -0.15) is 0 Å². The summed E-state index contributed by atoms with van der Waals surface area (Å²) >= 11 is 0. The molecule has 2 aliphatic rings. The van der Waals surface area contributed by atoms with Gasteiger partial charge in [0.25, 0.3) is 0 Å². The molecule has 2 aliphatic heterocycles. The summed E-state index contributed by atoms with van der Waals surface area (Å²) in [4.78, 5) is 16.6. The molecule has 98 valence electrons. The fraction of sp³-hybridized carbons (Fsp3) is 0.923. The fourth-order valence-electron chi connectivity index (χ4n) is 2.80. The highest BCUT2D eigenvalue weighted by atomic mass is 16.2. The Labute approximate surface area is 104 Å². The van der Waals surface area contributed by atoms with Crippen molar-refractivity contribution in [2.24, 2.45) is 5.92 Å². The first-order chi connectivity index (χ1) is 8.16. The molecule has 2 heterocycles. The van der Waals surface area contributed by atoms with Gasteiger partial charge in [-0.1, -0.05) is 0 Å². The highest BCUT2D eigenvalue weighted by molar-refractivity contribution is 5.81. The van der Waals surface area contributed by atoms with Crippen molar-refractivity contribution >= 4 is 5.91 Å². The van der Waals surface area contributed by atoms with Gasteiger partial charge in [-0.05, 0) is 58.8 Å². The van der Waals surface area contributed by atoms with Crippen molar-refractivity contribution in [1.82, 2.24) is 15.1 Å². The molecule has 0 aliphatic carbocycles. The van der Waals surface area contributed by atoms with Crippen LogP contribution in [0.4, 0.5) is 0 Å². The summed E-state index contributed by atoms with van der Waals surface area (Å²) < 4.78 is 0. The van der Waals surface area contributed by atoms with Crippen LogP contribution in [-0.2, 0) is 4.79 Å². The van der Waals surface area contributed by atoms with E-state index in [1.807, 2.05) is 6.92 Å². The van der Waals surface area contributed by atoms with Gasteiger partial charge in [0, 0.05) is 13.1 Å². The molecule has 2 saturated heterocycles. The van der Waals surface area contributed by atoms with Crippen molar-refractivity contribution in [3.05, 3.63) is 0 Å². The van der Waals surface area contributed by atoms with Gasteiger partial charge in [0.15, 0.2) is 0 Å². The second kappa shape index (κ2) is 5.83. The Bertz CT molecular complexity index is 261. The van der Waals surface area contributed by atoms with Crippen molar-refractivity contribution in [2.45, 2.75) is 32.2 Å². The number of hydrogen-bond acceptors (Lipinski definition) is 3. The summed E-state index contributed by atoms with van der Waals surface area (Å²) in [5.74, 6) is 1.00. The Kier molecular flexibility index (Phi) is 4.40. The van der Waals surface area contributed by atoms with Crippen LogP contribution in [0.3, 0.4) is 0 Å². The lowest BCUT2D eigenvalue weighted by Gasteiger charge is -2.33. The number of nitrogens with one attached hydrogen (secondary N) is 1. The molecule has 0 aromatic rings. The summed E-state index contributed by atoms with van der Waals surface area (Å²) in [5, 5.41) is 3.27. The largest absolute Gasteiger partial charge is 0.341 e. The molecule has 0 spiro atoms. The molecule has 0 bridgehead atoms. The number of nitrogens with zero attached hydrogens (tertiary/aromatic N) is 2. The molecule has 0 saturated carbocycles. The summed E-state index contributed by atoms with van der Waals surface area (Å²) in [7, 11) is 2.18. The van der Waals surface area contributed by atoms with E-state index in [1.54, 1.807) is 0 Å². The first-order valence-electron chi connectivity index (χ1n) is 6.87. The van der Waals surface area contributed by atoms with Crippen molar-refractivity contribution in [2.75, 3.05) is 39.8 Å². The van der Waals surface area contributed by atoms with Gasteiger partial charge in [0.2, 0.25) is 5.91 Å². The zero-order chi connectivity index (χ0) is 12.3. The maximum atomic E-state index is 12.1. The van der Waals surface area contributed by atoms with E-state index in [2.05, 4.69) is 22.2 Å². The highest BCUT2D eigenvalue weighted by Gasteiger charge is 2.26.